The predicted octanol–water partition coefficient (Wildman–Crippen LogP) is 10.0. The molecule has 0 aromatic heterocycles. The second-order valence-electron chi connectivity index (χ2n) is 14.0. The van der Waals surface area contributed by atoms with Crippen LogP contribution >= 0.6 is 0 Å². The Bertz CT molecular complexity index is 712. The molecule has 4 atom stereocenters. The Morgan fingerprint density at radius 2 is 0.872 bits per heavy atom. The lowest BCUT2D eigenvalue weighted by Gasteiger charge is -2.27. The van der Waals surface area contributed by atoms with E-state index < -0.39 is 36.9 Å². The summed E-state index contributed by atoms with van der Waals surface area (Å²) in [6.07, 6.45) is 39.1. The predicted molar refractivity (Wildman–Crippen MR) is 201 cm³/mol. The second-order valence-corrected chi connectivity index (χ2v) is 14.0. The van der Waals surface area contributed by atoms with Gasteiger partial charge in [-0.2, -0.15) is 0 Å². The summed E-state index contributed by atoms with van der Waals surface area (Å²) in [6, 6.07) is -1.00. The first-order chi connectivity index (χ1) is 23.0. The van der Waals surface area contributed by atoms with Gasteiger partial charge in [-0.1, -0.05) is 160 Å². The number of amides is 1. The van der Waals surface area contributed by atoms with Gasteiger partial charge >= 0.3 is 0 Å². The molecule has 6 heteroatoms. The molecule has 0 radical (unpaired) electrons. The topological polar surface area (TPSA) is 110 Å². The van der Waals surface area contributed by atoms with Gasteiger partial charge in [0.15, 0.2) is 0 Å². The van der Waals surface area contributed by atoms with Crippen LogP contribution in [0.15, 0.2) is 24.3 Å². The number of carbonyl (C=O) groups excluding carboxylic acids is 1. The number of aliphatic hydroxyl groups excluding tert-OH is 4. The van der Waals surface area contributed by atoms with Gasteiger partial charge in [0, 0.05) is 0 Å². The zero-order valence-corrected chi connectivity index (χ0v) is 31.0. The van der Waals surface area contributed by atoms with E-state index in [-0.39, 0.29) is 0 Å². The van der Waals surface area contributed by atoms with Gasteiger partial charge in [0.1, 0.15) is 12.2 Å². The summed E-state index contributed by atoms with van der Waals surface area (Å²) in [7, 11) is 0. The quantitative estimate of drug-likeness (QED) is 0.0338. The molecule has 0 aliphatic rings. The van der Waals surface area contributed by atoms with E-state index in [4.69, 9.17) is 0 Å². The minimum atomic E-state index is -1.28. The highest BCUT2D eigenvalue weighted by atomic mass is 16.3. The molecule has 0 aliphatic heterocycles. The molecule has 278 valence electrons. The van der Waals surface area contributed by atoms with Crippen molar-refractivity contribution in [2.45, 2.75) is 224 Å². The highest BCUT2D eigenvalue weighted by Gasteiger charge is 2.28. The highest BCUT2D eigenvalue weighted by molar-refractivity contribution is 5.80. The molecule has 0 saturated carbocycles. The summed E-state index contributed by atoms with van der Waals surface area (Å²) in [5.41, 5.74) is 0. The normalized spacial score (nSPS) is 14.6. The van der Waals surface area contributed by atoms with E-state index >= 15 is 0 Å². The monoisotopic (exact) mass is 666 g/mol. The third-order valence-electron chi connectivity index (χ3n) is 9.38. The van der Waals surface area contributed by atoms with Crippen LogP contribution in [0.4, 0.5) is 0 Å². The Kier molecular flexibility index (Phi) is 35.2. The molecule has 0 aliphatic carbocycles. The minimum Gasteiger partial charge on any atom is -0.394 e. The smallest absolute Gasteiger partial charge is 0.249 e. The molecular weight excluding hydrogens is 586 g/mol. The number of nitrogens with one attached hydrogen (secondary N) is 1. The van der Waals surface area contributed by atoms with E-state index in [1.165, 1.54) is 128 Å². The third-order valence-corrected chi connectivity index (χ3v) is 9.38. The standard InChI is InChI=1S/C41H79NO5/c1-3-5-7-9-11-13-15-17-19-21-23-25-27-29-31-33-35-39(45)41(47)42-37(36-43)40(46)38(44)34-32-30-28-26-24-22-20-18-16-14-12-10-8-6-4-2/h17,19,26,28,37-40,43-46H,3-16,18,20-25,27,29-36H2,1-2H3,(H,42,47)/b19-17-,28-26+. The lowest BCUT2D eigenvalue weighted by Crippen LogP contribution is -2.53. The summed E-state index contributed by atoms with van der Waals surface area (Å²) in [6.45, 7) is 4.02. The van der Waals surface area contributed by atoms with Crippen molar-refractivity contribution in [1.82, 2.24) is 5.32 Å². The number of aliphatic hydroxyl groups is 4. The molecule has 0 aromatic rings. The van der Waals surface area contributed by atoms with Gasteiger partial charge in [0.2, 0.25) is 5.91 Å². The van der Waals surface area contributed by atoms with Crippen molar-refractivity contribution in [1.29, 1.82) is 0 Å². The molecule has 6 nitrogen and oxygen atoms in total. The van der Waals surface area contributed by atoms with Gasteiger partial charge in [0.05, 0.1) is 18.8 Å². The molecular formula is C41H79NO5. The molecule has 1 amide bonds. The van der Waals surface area contributed by atoms with Gasteiger partial charge in [-0.3, -0.25) is 4.79 Å². The first-order valence-electron chi connectivity index (χ1n) is 20.2. The maximum absolute atomic E-state index is 12.5. The van der Waals surface area contributed by atoms with Crippen LogP contribution in [0, 0.1) is 0 Å². The maximum atomic E-state index is 12.5. The van der Waals surface area contributed by atoms with E-state index in [2.05, 4.69) is 43.5 Å². The Labute approximate surface area is 291 Å². The van der Waals surface area contributed by atoms with Gasteiger partial charge in [0.25, 0.3) is 0 Å². The Balaban J connectivity index is 3.83. The first kappa shape index (κ1) is 45.8. The second kappa shape index (κ2) is 36.1. The summed E-state index contributed by atoms with van der Waals surface area (Å²) < 4.78 is 0. The number of allylic oxidation sites excluding steroid dienone is 4. The fraction of sp³-hybridized carbons (Fsp3) is 0.878. The summed E-state index contributed by atoms with van der Waals surface area (Å²) in [5.74, 6) is -0.599. The third kappa shape index (κ3) is 30.6. The van der Waals surface area contributed by atoms with Crippen LogP contribution in [0.25, 0.3) is 0 Å². The molecule has 0 aromatic carbocycles. The summed E-state index contributed by atoms with van der Waals surface area (Å²) in [5, 5.41) is 43.5. The van der Waals surface area contributed by atoms with Crippen LogP contribution in [-0.4, -0.2) is 57.3 Å². The molecule has 47 heavy (non-hydrogen) atoms. The molecule has 0 rings (SSSR count). The van der Waals surface area contributed by atoms with E-state index in [1.54, 1.807) is 0 Å². The SMILES string of the molecule is CCCCCCCC/C=C\CCCCCCCCC(O)C(=O)NC(CO)C(O)C(O)CCC/C=C/CCCCCCCCCCCC. The van der Waals surface area contributed by atoms with Crippen molar-refractivity contribution in [3.63, 3.8) is 0 Å². The Morgan fingerprint density at radius 3 is 1.28 bits per heavy atom. The van der Waals surface area contributed by atoms with Gasteiger partial charge < -0.3 is 25.7 Å². The average Bonchev–Trinajstić information content (AvgIpc) is 3.07. The zero-order chi connectivity index (χ0) is 34.6. The lowest BCUT2D eigenvalue weighted by atomic mass is 10.00. The molecule has 0 heterocycles. The molecule has 4 unspecified atom stereocenters. The lowest BCUT2D eigenvalue weighted by molar-refractivity contribution is -0.132. The molecule has 5 N–H and O–H groups in total. The fourth-order valence-corrected chi connectivity index (χ4v) is 6.10. The van der Waals surface area contributed by atoms with Crippen molar-refractivity contribution in [2.24, 2.45) is 0 Å². The van der Waals surface area contributed by atoms with Crippen molar-refractivity contribution in [3.05, 3.63) is 24.3 Å². The Morgan fingerprint density at radius 1 is 0.511 bits per heavy atom. The van der Waals surface area contributed by atoms with Crippen LogP contribution < -0.4 is 5.32 Å². The van der Waals surface area contributed by atoms with Crippen molar-refractivity contribution in [2.75, 3.05) is 6.61 Å². The largest absolute Gasteiger partial charge is 0.394 e. The van der Waals surface area contributed by atoms with Crippen LogP contribution in [0.2, 0.25) is 0 Å². The number of unbranched alkanes of at least 4 members (excludes halogenated alkanes) is 23. The molecule has 0 spiro atoms. The van der Waals surface area contributed by atoms with E-state index in [0.717, 1.165) is 44.9 Å². The van der Waals surface area contributed by atoms with Crippen LogP contribution in [0.3, 0.4) is 0 Å². The van der Waals surface area contributed by atoms with Gasteiger partial charge in [-0.05, 0) is 64.2 Å². The number of hydrogen-bond acceptors (Lipinski definition) is 5. The highest BCUT2D eigenvalue weighted by Crippen LogP contribution is 2.14. The Hall–Kier alpha value is -1.21. The summed E-state index contributed by atoms with van der Waals surface area (Å²) >= 11 is 0. The van der Waals surface area contributed by atoms with E-state index in [0.29, 0.717) is 12.8 Å². The average molecular weight is 666 g/mol. The van der Waals surface area contributed by atoms with Crippen molar-refractivity contribution < 1.29 is 25.2 Å². The molecule has 0 saturated heterocycles. The van der Waals surface area contributed by atoms with Gasteiger partial charge in [-0.15, -0.1) is 0 Å². The minimum absolute atomic E-state index is 0.356. The van der Waals surface area contributed by atoms with E-state index in [9.17, 15) is 25.2 Å². The van der Waals surface area contributed by atoms with Gasteiger partial charge in [-0.25, -0.2) is 0 Å². The van der Waals surface area contributed by atoms with Crippen LogP contribution in [0.5, 0.6) is 0 Å². The zero-order valence-electron chi connectivity index (χ0n) is 31.0. The van der Waals surface area contributed by atoms with Crippen LogP contribution in [-0.2, 0) is 4.79 Å². The van der Waals surface area contributed by atoms with E-state index in [1.807, 2.05) is 0 Å². The number of rotatable bonds is 36. The molecule has 0 bridgehead atoms. The van der Waals surface area contributed by atoms with Crippen LogP contribution in [0.1, 0.15) is 200 Å². The summed E-state index contributed by atoms with van der Waals surface area (Å²) in [4.78, 5) is 12.5. The molecule has 0 fully saturated rings. The van der Waals surface area contributed by atoms with Crippen molar-refractivity contribution in [3.8, 4) is 0 Å². The fourth-order valence-electron chi connectivity index (χ4n) is 6.10. The number of hydrogen-bond donors (Lipinski definition) is 5. The van der Waals surface area contributed by atoms with Crippen molar-refractivity contribution >= 4 is 5.91 Å². The first-order valence-corrected chi connectivity index (χ1v) is 20.2. The number of carbonyl (C=O) groups is 1. The maximum Gasteiger partial charge on any atom is 0.249 e.